The summed E-state index contributed by atoms with van der Waals surface area (Å²) >= 11 is 6.09. The Morgan fingerprint density at radius 1 is 0.972 bits per heavy atom. The number of carboxylic acids is 1. The molecule has 0 aromatic heterocycles. The van der Waals surface area contributed by atoms with Crippen molar-refractivity contribution in [1.29, 1.82) is 0 Å². The first kappa shape index (κ1) is 26.8. The highest BCUT2D eigenvalue weighted by Gasteiger charge is 2.31. The normalized spacial score (nSPS) is 11.1. The number of benzene rings is 3. The Hall–Kier alpha value is -3.79. The molecule has 0 bridgehead atoms. The highest BCUT2D eigenvalue weighted by Crippen LogP contribution is 2.25. The Morgan fingerprint density at radius 2 is 1.61 bits per heavy atom. The number of hydrogen-bond acceptors (Lipinski definition) is 4. The first-order valence-corrected chi connectivity index (χ1v) is 11.0. The molecule has 3 rings (SSSR count). The average Bonchev–Trinajstić information content (AvgIpc) is 2.81. The van der Waals surface area contributed by atoms with Crippen LogP contribution in [0.1, 0.15) is 21.5 Å². The summed E-state index contributed by atoms with van der Waals surface area (Å²) < 4.78 is 54.5. The van der Waals surface area contributed by atoms with Crippen LogP contribution < -0.4 is 10.1 Å². The summed E-state index contributed by atoms with van der Waals surface area (Å²) in [7, 11) is 0. The molecule has 0 aliphatic carbocycles. The van der Waals surface area contributed by atoms with Crippen molar-refractivity contribution in [3.8, 4) is 5.75 Å². The van der Waals surface area contributed by atoms with Gasteiger partial charge in [0.15, 0.2) is 0 Å². The van der Waals surface area contributed by atoms with E-state index in [0.717, 1.165) is 17.7 Å². The molecule has 6 nitrogen and oxygen atoms in total. The smallest absolute Gasteiger partial charge is 0.480 e. The molecule has 0 aliphatic heterocycles. The molecule has 0 fully saturated rings. The first-order valence-electron chi connectivity index (χ1n) is 10.6. The van der Waals surface area contributed by atoms with E-state index in [1.54, 1.807) is 12.1 Å². The van der Waals surface area contributed by atoms with Crippen LogP contribution in [-0.2, 0) is 17.8 Å². The van der Waals surface area contributed by atoms with Crippen LogP contribution in [0.15, 0.2) is 66.7 Å². The van der Waals surface area contributed by atoms with Crippen LogP contribution in [-0.4, -0.2) is 41.3 Å². The average molecular weight is 525 g/mol. The molecule has 0 heterocycles. The van der Waals surface area contributed by atoms with E-state index in [1.165, 1.54) is 47.4 Å². The molecule has 0 saturated heterocycles. The second-order valence-electron chi connectivity index (χ2n) is 7.73. The molecule has 0 atom stereocenters. The summed E-state index contributed by atoms with van der Waals surface area (Å²) in [6.45, 7) is -0.231. The maximum atomic E-state index is 13.5. The molecule has 3 aromatic rings. The zero-order valence-corrected chi connectivity index (χ0v) is 19.4. The third kappa shape index (κ3) is 8.16. The molecule has 0 saturated carbocycles. The van der Waals surface area contributed by atoms with E-state index in [2.05, 4.69) is 10.1 Å². The highest BCUT2D eigenvalue weighted by molar-refractivity contribution is 6.31. The van der Waals surface area contributed by atoms with Gasteiger partial charge in [-0.3, -0.25) is 9.59 Å². The molecule has 0 unspecified atom stereocenters. The Morgan fingerprint density at radius 3 is 2.22 bits per heavy atom. The van der Waals surface area contributed by atoms with E-state index in [-0.39, 0.29) is 29.4 Å². The highest BCUT2D eigenvalue weighted by atomic mass is 35.5. The van der Waals surface area contributed by atoms with Gasteiger partial charge in [0.05, 0.1) is 5.56 Å². The predicted octanol–water partition coefficient (Wildman–Crippen LogP) is 5.76. The number of carbonyl (C=O) groups excluding carboxylic acids is 1. The summed E-state index contributed by atoms with van der Waals surface area (Å²) in [5, 5.41) is 11.9. The largest absolute Gasteiger partial charge is 0.573 e. The minimum absolute atomic E-state index is 0.0250. The quantitative estimate of drug-likeness (QED) is 0.330. The van der Waals surface area contributed by atoms with Gasteiger partial charge in [-0.25, -0.2) is 4.39 Å². The SMILES string of the molecule is O=C(O)CNc1ccc(Cl)cc1C(=O)N(CCc1ccc(F)cc1)Cc1ccc(OC(F)(F)F)cc1. The van der Waals surface area contributed by atoms with Crippen molar-refractivity contribution in [2.75, 3.05) is 18.4 Å². The fraction of sp³-hybridized carbons (Fsp3) is 0.200. The Kier molecular flexibility index (Phi) is 8.76. The van der Waals surface area contributed by atoms with Crippen molar-refractivity contribution in [2.45, 2.75) is 19.3 Å². The van der Waals surface area contributed by atoms with Crippen LogP contribution in [0.4, 0.5) is 23.2 Å². The minimum atomic E-state index is -4.83. The zero-order chi connectivity index (χ0) is 26.3. The molecule has 190 valence electrons. The van der Waals surface area contributed by atoms with Gasteiger partial charge < -0.3 is 20.1 Å². The molecule has 2 N–H and O–H groups in total. The van der Waals surface area contributed by atoms with Gasteiger partial charge in [-0.2, -0.15) is 0 Å². The summed E-state index contributed by atoms with van der Waals surface area (Å²) in [5.74, 6) is -2.41. The number of carbonyl (C=O) groups is 2. The molecule has 0 spiro atoms. The lowest BCUT2D eigenvalue weighted by atomic mass is 10.1. The van der Waals surface area contributed by atoms with Crippen molar-refractivity contribution in [2.24, 2.45) is 0 Å². The lowest BCUT2D eigenvalue weighted by Gasteiger charge is -2.25. The zero-order valence-electron chi connectivity index (χ0n) is 18.7. The maximum Gasteiger partial charge on any atom is 0.573 e. The van der Waals surface area contributed by atoms with Crippen LogP contribution in [0.25, 0.3) is 0 Å². The van der Waals surface area contributed by atoms with Crippen molar-refractivity contribution in [3.05, 3.63) is 94.3 Å². The predicted molar refractivity (Wildman–Crippen MR) is 126 cm³/mol. The van der Waals surface area contributed by atoms with Crippen LogP contribution in [0.5, 0.6) is 5.75 Å². The number of nitrogens with zero attached hydrogens (tertiary/aromatic N) is 1. The summed E-state index contributed by atoms with van der Waals surface area (Å²) in [4.78, 5) is 26.0. The van der Waals surface area contributed by atoms with Gasteiger partial charge in [0.25, 0.3) is 5.91 Å². The van der Waals surface area contributed by atoms with E-state index in [0.29, 0.717) is 12.0 Å². The van der Waals surface area contributed by atoms with E-state index in [4.69, 9.17) is 16.7 Å². The molecule has 11 heteroatoms. The van der Waals surface area contributed by atoms with Crippen molar-refractivity contribution in [1.82, 2.24) is 4.90 Å². The number of hydrogen-bond donors (Lipinski definition) is 2. The number of carboxylic acid groups (broad SMARTS) is 1. The maximum absolute atomic E-state index is 13.5. The van der Waals surface area contributed by atoms with Crippen molar-refractivity contribution >= 4 is 29.2 Å². The fourth-order valence-corrected chi connectivity index (χ4v) is 3.55. The second-order valence-corrected chi connectivity index (χ2v) is 8.17. The lowest BCUT2D eigenvalue weighted by Crippen LogP contribution is -2.33. The number of halogens is 5. The van der Waals surface area contributed by atoms with Gasteiger partial charge in [-0.05, 0) is 60.0 Å². The second kappa shape index (κ2) is 11.8. The standard InChI is InChI=1S/C25H21ClF4N2O4/c26-18-5-10-22(31-14-23(33)34)21(13-18)24(35)32(12-11-16-1-6-19(27)7-2-16)15-17-3-8-20(9-4-17)36-25(28,29)30/h1-10,13,31H,11-12,14-15H2,(H,33,34). The summed E-state index contributed by atoms with van der Waals surface area (Å²) in [5.41, 5.74) is 1.67. The molecule has 0 aliphatic rings. The molecule has 36 heavy (non-hydrogen) atoms. The number of anilines is 1. The van der Waals surface area contributed by atoms with Gasteiger partial charge in [0.2, 0.25) is 0 Å². The lowest BCUT2D eigenvalue weighted by molar-refractivity contribution is -0.274. The van der Waals surface area contributed by atoms with E-state index >= 15 is 0 Å². The van der Waals surface area contributed by atoms with Crippen molar-refractivity contribution < 1.29 is 37.0 Å². The third-order valence-electron chi connectivity index (χ3n) is 5.04. The Balaban J connectivity index is 1.87. The topological polar surface area (TPSA) is 78.9 Å². The van der Waals surface area contributed by atoms with Gasteiger partial charge >= 0.3 is 12.3 Å². The molecular formula is C25H21ClF4N2O4. The number of nitrogens with one attached hydrogen (secondary N) is 1. The van der Waals surface area contributed by atoms with Crippen LogP contribution in [0.3, 0.4) is 0 Å². The summed E-state index contributed by atoms with van der Waals surface area (Å²) in [6.07, 6.45) is -4.47. The van der Waals surface area contributed by atoms with Crippen molar-refractivity contribution in [3.63, 3.8) is 0 Å². The number of aliphatic carboxylic acids is 1. The Labute approximate surface area is 209 Å². The number of ether oxygens (including phenoxy) is 1. The van der Waals surface area contributed by atoms with Crippen LogP contribution in [0, 0.1) is 5.82 Å². The van der Waals surface area contributed by atoms with E-state index < -0.39 is 36.4 Å². The molecular weight excluding hydrogens is 504 g/mol. The number of amides is 1. The van der Waals surface area contributed by atoms with Gasteiger partial charge in [0.1, 0.15) is 18.1 Å². The van der Waals surface area contributed by atoms with Gasteiger partial charge in [0, 0.05) is 23.8 Å². The number of alkyl halides is 3. The van der Waals surface area contributed by atoms with E-state index in [9.17, 15) is 27.2 Å². The fourth-order valence-electron chi connectivity index (χ4n) is 3.37. The van der Waals surface area contributed by atoms with Gasteiger partial charge in [-0.1, -0.05) is 35.9 Å². The molecule has 0 radical (unpaired) electrons. The molecule has 3 aromatic carbocycles. The monoisotopic (exact) mass is 524 g/mol. The number of rotatable bonds is 10. The van der Waals surface area contributed by atoms with Gasteiger partial charge in [-0.15, -0.1) is 13.2 Å². The minimum Gasteiger partial charge on any atom is -0.480 e. The summed E-state index contributed by atoms with van der Waals surface area (Å²) in [6, 6.07) is 15.2. The van der Waals surface area contributed by atoms with Crippen LogP contribution >= 0.6 is 11.6 Å². The Bertz CT molecular complexity index is 1200. The van der Waals surface area contributed by atoms with Crippen LogP contribution in [0.2, 0.25) is 5.02 Å². The van der Waals surface area contributed by atoms with E-state index in [1.807, 2.05) is 0 Å². The first-order chi connectivity index (χ1) is 17.0. The molecule has 1 amide bonds. The third-order valence-corrected chi connectivity index (χ3v) is 5.28.